The minimum absolute atomic E-state index is 0.0882. The van der Waals surface area contributed by atoms with Crippen molar-refractivity contribution in [3.63, 3.8) is 0 Å². The number of fused-ring (bicyclic) bond motifs is 3. The predicted octanol–water partition coefficient (Wildman–Crippen LogP) is 3.62. The molecule has 2 atom stereocenters. The Labute approximate surface area is 169 Å². The van der Waals surface area contributed by atoms with Gasteiger partial charge in [0.25, 0.3) is 5.91 Å². The Bertz CT molecular complexity index is 985. The molecule has 0 saturated carbocycles. The molecule has 142 valence electrons. The highest BCUT2D eigenvalue weighted by Gasteiger charge is 2.44. The van der Waals surface area contributed by atoms with Gasteiger partial charge in [0.05, 0.1) is 24.3 Å². The van der Waals surface area contributed by atoms with E-state index < -0.39 is 0 Å². The van der Waals surface area contributed by atoms with Gasteiger partial charge < -0.3 is 9.47 Å². The van der Waals surface area contributed by atoms with E-state index in [0.717, 1.165) is 36.0 Å². The minimum atomic E-state index is 0.0882. The predicted molar refractivity (Wildman–Crippen MR) is 108 cm³/mol. The van der Waals surface area contributed by atoms with Crippen LogP contribution >= 0.6 is 11.6 Å². The molecule has 2 aliphatic rings. The second-order valence-electron chi connectivity index (χ2n) is 7.51. The maximum atomic E-state index is 13.2. The molecule has 1 amide bonds. The lowest BCUT2D eigenvalue weighted by molar-refractivity contribution is 0.0553. The SMILES string of the molecule is O=C1c2cccn2[C@@H]2CN(Cc3ccc(Cl)cc3)C[C@H]2N1Cc1ccccn1. The van der Waals surface area contributed by atoms with Crippen molar-refractivity contribution in [2.75, 3.05) is 13.1 Å². The molecule has 6 heteroatoms. The van der Waals surface area contributed by atoms with E-state index in [-0.39, 0.29) is 18.0 Å². The zero-order chi connectivity index (χ0) is 19.1. The van der Waals surface area contributed by atoms with Crippen LogP contribution in [0.2, 0.25) is 5.02 Å². The molecule has 1 saturated heterocycles. The Morgan fingerprint density at radius 1 is 0.964 bits per heavy atom. The molecule has 5 rings (SSSR count). The Morgan fingerprint density at radius 2 is 1.79 bits per heavy atom. The molecule has 0 spiro atoms. The van der Waals surface area contributed by atoms with Gasteiger partial charge in [-0.1, -0.05) is 29.8 Å². The first kappa shape index (κ1) is 17.5. The molecule has 4 heterocycles. The third-order valence-electron chi connectivity index (χ3n) is 5.73. The molecular formula is C22H21ClN4O. The van der Waals surface area contributed by atoms with Gasteiger partial charge in [-0.2, -0.15) is 0 Å². The lowest BCUT2D eigenvalue weighted by atomic mass is 10.1. The molecule has 1 aromatic carbocycles. The number of halogens is 1. The molecule has 2 aliphatic heterocycles. The lowest BCUT2D eigenvalue weighted by Gasteiger charge is -2.38. The van der Waals surface area contributed by atoms with Crippen molar-refractivity contribution in [2.45, 2.75) is 25.2 Å². The van der Waals surface area contributed by atoms with Crippen LogP contribution in [0.25, 0.3) is 0 Å². The maximum Gasteiger partial charge on any atom is 0.271 e. The van der Waals surface area contributed by atoms with Gasteiger partial charge in [-0.3, -0.25) is 14.7 Å². The van der Waals surface area contributed by atoms with Crippen molar-refractivity contribution >= 4 is 17.5 Å². The molecule has 3 aromatic rings. The molecule has 5 nitrogen and oxygen atoms in total. The molecule has 0 N–H and O–H groups in total. The van der Waals surface area contributed by atoms with Gasteiger partial charge in [-0.05, 0) is 42.0 Å². The third kappa shape index (κ3) is 3.11. The number of amides is 1. The van der Waals surface area contributed by atoms with Gasteiger partial charge in [0.1, 0.15) is 5.69 Å². The Balaban J connectivity index is 1.42. The molecule has 0 aliphatic carbocycles. The standard InChI is InChI=1S/C22H21ClN4O/c23-17-8-6-16(7-9-17)12-25-14-20-21(15-25)27(13-18-4-1-2-10-24-18)22(28)19-5-3-11-26(19)20/h1-11,20-21H,12-15H2/t20-,21-/m1/s1. The highest BCUT2D eigenvalue weighted by Crippen LogP contribution is 2.35. The zero-order valence-electron chi connectivity index (χ0n) is 15.4. The Kier molecular flexibility index (Phi) is 4.41. The van der Waals surface area contributed by atoms with Crippen molar-refractivity contribution < 1.29 is 4.79 Å². The monoisotopic (exact) mass is 392 g/mol. The van der Waals surface area contributed by atoms with Crippen molar-refractivity contribution in [1.82, 2.24) is 19.4 Å². The number of pyridine rings is 1. The summed E-state index contributed by atoms with van der Waals surface area (Å²) < 4.78 is 2.16. The summed E-state index contributed by atoms with van der Waals surface area (Å²) in [6.45, 7) is 3.16. The van der Waals surface area contributed by atoms with Crippen molar-refractivity contribution in [3.8, 4) is 0 Å². The number of aromatic nitrogens is 2. The van der Waals surface area contributed by atoms with Gasteiger partial charge in [0.2, 0.25) is 0 Å². The van der Waals surface area contributed by atoms with Gasteiger partial charge >= 0.3 is 0 Å². The fourth-order valence-corrected chi connectivity index (χ4v) is 4.55. The van der Waals surface area contributed by atoms with Crippen molar-refractivity contribution in [1.29, 1.82) is 0 Å². The van der Waals surface area contributed by atoms with E-state index in [4.69, 9.17) is 11.6 Å². The summed E-state index contributed by atoms with van der Waals surface area (Å²) in [4.78, 5) is 22.0. The molecular weight excluding hydrogens is 372 g/mol. The van der Waals surface area contributed by atoms with Crippen LogP contribution in [0.5, 0.6) is 0 Å². The highest BCUT2D eigenvalue weighted by atomic mass is 35.5. The van der Waals surface area contributed by atoms with Crippen LogP contribution in [-0.4, -0.2) is 44.4 Å². The Hall–Kier alpha value is -2.63. The van der Waals surface area contributed by atoms with Gasteiger partial charge in [-0.15, -0.1) is 0 Å². The van der Waals surface area contributed by atoms with E-state index in [9.17, 15) is 4.79 Å². The van der Waals surface area contributed by atoms with E-state index in [2.05, 4.69) is 26.6 Å². The summed E-state index contributed by atoms with van der Waals surface area (Å²) in [5.74, 6) is 0.0882. The maximum absolute atomic E-state index is 13.2. The molecule has 2 aromatic heterocycles. The lowest BCUT2D eigenvalue weighted by Crippen LogP contribution is -2.49. The van der Waals surface area contributed by atoms with Crippen molar-refractivity contribution in [3.05, 3.63) is 89.0 Å². The quantitative estimate of drug-likeness (QED) is 0.681. The summed E-state index contributed by atoms with van der Waals surface area (Å²) in [6.07, 6.45) is 3.82. The van der Waals surface area contributed by atoms with E-state index >= 15 is 0 Å². The Morgan fingerprint density at radius 3 is 2.57 bits per heavy atom. The first-order valence-corrected chi connectivity index (χ1v) is 9.91. The number of hydrogen-bond donors (Lipinski definition) is 0. The van der Waals surface area contributed by atoms with Crippen LogP contribution < -0.4 is 0 Å². The van der Waals surface area contributed by atoms with E-state index in [1.807, 2.05) is 53.6 Å². The van der Waals surface area contributed by atoms with E-state index in [0.29, 0.717) is 6.54 Å². The van der Waals surface area contributed by atoms with Crippen LogP contribution in [0.4, 0.5) is 0 Å². The number of nitrogens with zero attached hydrogens (tertiary/aromatic N) is 4. The number of likely N-dealkylation sites (tertiary alicyclic amines) is 1. The summed E-state index contributed by atoms with van der Waals surface area (Å²) in [7, 11) is 0. The molecule has 1 fully saturated rings. The fraction of sp³-hybridized carbons (Fsp3) is 0.273. The summed E-state index contributed by atoms with van der Waals surface area (Å²) in [5.41, 5.74) is 2.93. The second-order valence-corrected chi connectivity index (χ2v) is 7.95. The number of carbonyl (C=O) groups is 1. The normalized spacial score (nSPS) is 21.6. The average molecular weight is 393 g/mol. The summed E-state index contributed by atoms with van der Waals surface area (Å²) in [5, 5.41) is 0.753. The van der Waals surface area contributed by atoms with E-state index in [1.165, 1.54) is 5.56 Å². The van der Waals surface area contributed by atoms with Gasteiger partial charge in [0.15, 0.2) is 0 Å². The molecule has 0 radical (unpaired) electrons. The molecule has 0 unspecified atom stereocenters. The average Bonchev–Trinajstić information content (AvgIpc) is 3.35. The first-order chi connectivity index (χ1) is 13.7. The van der Waals surface area contributed by atoms with Crippen LogP contribution in [0, 0.1) is 0 Å². The van der Waals surface area contributed by atoms with Crippen LogP contribution in [0.1, 0.15) is 27.8 Å². The number of hydrogen-bond acceptors (Lipinski definition) is 3. The number of benzene rings is 1. The van der Waals surface area contributed by atoms with Gasteiger partial charge in [0, 0.05) is 37.1 Å². The number of carbonyl (C=O) groups excluding carboxylic acids is 1. The smallest absolute Gasteiger partial charge is 0.271 e. The van der Waals surface area contributed by atoms with Crippen LogP contribution in [0.15, 0.2) is 67.0 Å². The van der Waals surface area contributed by atoms with Crippen LogP contribution in [0.3, 0.4) is 0 Å². The van der Waals surface area contributed by atoms with E-state index in [1.54, 1.807) is 6.20 Å². The minimum Gasteiger partial charge on any atom is -0.337 e. The van der Waals surface area contributed by atoms with Gasteiger partial charge in [-0.25, -0.2) is 0 Å². The summed E-state index contributed by atoms with van der Waals surface area (Å²) >= 11 is 6.02. The third-order valence-corrected chi connectivity index (χ3v) is 5.98. The second kappa shape index (κ2) is 7.08. The number of rotatable bonds is 4. The fourth-order valence-electron chi connectivity index (χ4n) is 4.42. The highest BCUT2D eigenvalue weighted by molar-refractivity contribution is 6.30. The molecule has 28 heavy (non-hydrogen) atoms. The summed E-state index contributed by atoms with van der Waals surface area (Å²) in [6, 6.07) is 18.2. The molecule has 0 bridgehead atoms. The topological polar surface area (TPSA) is 41.4 Å². The largest absolute Gasteiger partial charge is 0.337 e. The van der Waals surface area contributed by atoms with Crippen molar-refractivity contribution in [2.24, 2.45) is 0 Å². The zero-order valence-corrected chi connectivity index (χ0v) is 16.2. The van der Waals surface area contributed by atoms with Crippen LogP contribution in [-0.2, 0) is 13.1 Å². The first-order valence-electron chi connectivity index (χ1n) is 9.53.